The number of fused-ring (bicyclic) bond motifs is 1. The number of carbonyl (C=O) groups is 1. The first-order valence-electron chi connectivity index (χ1n) is 9.73. The zero-order valence-corrected chi connectivity index (χ0v) is 17.5. The lowest BCUT2D eigenvalue weighted by molar-refractivity contribution is 0.102. The number of nitrogens with one attached hydrogen (secondary N) is 1. The van der Waals surface area contributed by atoms with E-state index in [1.807, 2.05) is 13.8 Å². The van der Waals surface area contributed by atoms with Gasteiger partial charge in [0.15, 0.2) is 5.17 Å². The molecule has 1 amide bonds. The molecule has 0 radical (unpaired) electrons. The Balaban J connectivity index is 1.62. The number of hydrogen-bond acceptors (Lipinski definition) is 7. The predicted molar refractivity (Wildman–Crippen MR) is 114 cm³/mol. The Labute approximate surface area is 178 Å². The van der Waals surface area contributed by atoms with Gasteiger partial charge in [-0.05, 0) is 44.2 Å². The molecular weight excluding hydrogens is 407 g/mol. The zero-order chi connectivity index (χ0) is 21.3. The van der Waals surface area contributed by atoms with Crippen molar-refractivity contribution in [1.82, 2.24) is 4.98 Å². The molecule has 30 heavy (non-hydrogen) atoms. The number of halogens is 1. The van der Waals surface area contributed by atoms with Crippen molar-refractivity contribution in [1.29, 1.82) is 0 Å². The maximum Gasteiger partial charge on any atom is 0.274 e. The zero-order valence-electron chi connectivity index (χ0n) is 16.7. The Bertz CT molecular complexity index is 985. The van der Waals surface area contributed by atoms with Gasteiger partial charge in [-0.25, -0.2) is 14.4 Å². The molecule has 4 rings (SSSR count). The van der Waals surface area contributed by atoms with Crippen molar-refractivity contribution in [2.75, 3.05) is 24.3 Å². The number of benzene rings is 1. The topological polar surface area (TPSA) is 98.8 Å². The van der Waals surface area contributed by atoms with Crippen molar-refractivity contribution in [3.63, 3.8) is 0 Å². The normalized spacial score (nSPS) is 25.4. The molecule has 0 bridgehead atoms. The molecule has 2 aromatic rings. The number of hydrogen-bond donors (Lipinski definition) is 2. The van der Waals surface area contributed by atoms with E-state index in [1.165, 1.54) is 30.1 Å². The molecule has 3 heterocycles. The Morgan fingerprint density at radius 3 is 3.00 bits per heavy atom. The summed E-state index contributed by atoms with van der Waals surface area (Å²) in [6.07, 6.45) is 1.42. The highest BCUT2D eigenvalue weighted by Gasteiger charge is 2.52. The molecule has 0 unspecified atom stereocenters. The molecule has 1 fully saturated rings. The monoisotopic (exact) mass is 430 g/mol. The molecule has 0 saturated carbocycles. The van der Waals surface area contributed by atoms with Crippen molar-refractivity contribution < 1.29 is 18.7 Å². The fraction of sp³-hybridized carbons (Fsp3) is 0.381. The lowest BCUT2D eigenvalue weighted by Crippen LogP contribution is -2.41. The van der Waals surface area contributed by atoms with Gasteiger partial charge in [0, 0.05) is 22.9 Å². The van der Waals surface area contributed by atoms with Crippen LogP contribution in [0.5, 0.6) is 5.75 Å². The van der Waals surface area contributed by atoms with Crippen LogP contribution in [-0.2, 0) is 10.3 Å². The number of aromatic nitrogens is 1. The summed E-state index contributed by atoms with van der Waals surface area (Å²) in [5.74, 6) is 0.469. The van der Waals surface area contributed by atoms with Crippen LogP contribution in [-0.4, -0.2) is 41.1 Å². The number of amidine groups is 1. The minimum atomic E-state index is -0.892. The number of nitrogens with two attached hydrogens (primary N) is 1. The minimum absolute atomic E-state index is 0.0111. The van der Waals surface area contributed by atoms with Crippen molar-refractivity contribution in [3.05, 3.63) is 53.6 Å². The predicted octanol–water partition coefficient (Wildman–Crippen LogP) is 3.16. The highest BCUT2D eigenvalue weighted by molar-refractivity contribution is 8.13. The van der Waals surface area contributed by atoms with Gasteiger partial charge >= 0.3 is 0 Å². The van der Waals surface area contributed by atoms with Crippen LogP contribution in [0.25, 0.3) is 0 Å². The van der Waals surface area contributed by atoms with E-state index >= 15 is 0 Å². The number of pyridine rings is 1. The van der Waals surface area contributed by atoms with Crippen LogP contribution in [0.3, 0.4) is 0 Å². The summed E-state index contributed by atoms with van der Waals surface area (Å²) < 4.78 is 26.1. The Morgan fingerprint density at radius 2 is 2.27 bits per heavy atom. The summed E-state index contributed by atoms with van der Waals surface area (Å²) in [7, 11) is 0. The van der Waals surface area contributed by atoms with Gasteiger partial charge < -0.3 is 20.5 Å². The number of aliphatic imine (C=N–C) groups is 1. The highest BCUT2D eigenvalue weighted by atomic mass is 32.2. The molecule has 158 valence electrons. The SMILES string of the molecule is CCOc1ccc(C(=O)Nc2ccc(F)c([C@]34CO[C@H](C)[C@H]3CSC(N)=N4)c2)nc1. The van der Waals surface area contributed by atoms with Gasteiger partial charge in [0.25, 0.3) is 5.91 Å². The maximum atomic E-state index is 14.9. The number of rotatable bonds is 5. The van der Waals surface area contributed by atoms with E-state index in [0.29, 0.717) is 34.5 Å². The van der Waals surface area contributed by atoms with Crippen LogP contribution in [0.4, 0.5) is 10.1 Å². The molecule has 1 saturated heterocycles. The molecule has 3 atom stereocenters. The fourth-order valence-electron chi connectivity index (χ4n) is 3.90. The van der Waals surface area contributed by atoms with Gasteiger partial charge in [-0.1, -0.05) is 11.8 Å². The Hall–Kier alpha value is -2.65. The third-order valence-electron chi connectivity index (χ3n) is 5.44. The smallest absolute Gasteiger partial charge is 0.274 e. The third kappa shape index (κ3) is 3.75. The van der Waals surface area contributed by atoms with E-state index in [-0.39, 0.29) is 24.3 Å². The molecule has 2 aliphatic heterocycles. The Morgan fingerprint density at radius 1 is 1.43 bits per heavy atom. The molecule has 0 aliphatic carbocycles. The van der Waals surface area contributed by atoms with Gasteiger partial charge in [-0.3, -0.25) is 4.79 Å². The van der Waals surface area contributed by atoms with Crippen LogP contribution < -0.4 is 15.8 Å². The largest absolute Gasteiger partial charge is 0.492 e. The summed E-state index contributed by atoms with van der Waals surface area (Å²) in [5, 5.41) is 3.19. The highest BCUT2D eigenvalue weighted by Crippen LogP contribution is 2.48. The first-order chi connectivity index (χ1) is 14.4. The van der Waals surface area contributed by atoms with Crippen LogP contribution in [0, 0.1) is 11.7 Å². The summed E-state index contributed by atoms with van der Waals surface area (Å²) in [6.45, 7) is 4.59. The molecule has 1 aromatic carbocycles. The molecule has 7 nitrogen and oxygen atoms in total. The van der Waals surface area contributed by atoms with E-state index < -0.39 is 17.3 Å². The van der Waals surface area contributed by atoms with E-state index in [9.17, 15) is 9.18 Å². The number of thioether (sulfide) groups is 1. The first kappa shape index (κ1) is 20.6. The first-order valence-corrected chi connectivity index (χ1v) is 10.7. The second kappa shape index (κ2) is 8.23. The molecular formula is C21H23FN4O3S. The summed E-state index contributed by atoms with van der Waals surface area (Å²) in [4.78, 5) is 21.3. The quantitative estimate of drug-likeness (QED) is 0.756. The molecule has 0 spiro atoms. The molecule has 2 aliphatic rings. The van der Waals surface area contributed by atoms with Gasteiger partial charge in [0.1, 0.15) is 22.8 Å². The molecule has 1 aromatic heterocycles. The second-order valence-electron chi connectivity index (χ2n) is 7.27. The van der Waals surface area contributed by atoms with Crippen molar-refractivity contribution >= 4 is 28.5 Å². The number of anilines is 1. The number of amides is 1. The van der Waals surface area contributed by atoms with E-state index in [0.717, 1.165) is 0 Å². The third-order valence-corrected chi connectivity index (χ3v) is 6.35. The van der Waals surface area contributed by atoms with Gasteiger partial charge in [-0.2, -0.15) is 0 Å². The van der Waals surface area contributed by atoms with Crippen molar-refractivity contribution in [2.24, 2.45) is 16.6 Å². The van der Waals surface area contributed by atoms with Gasteiger partial charge in [0.05, 0.1) is 25.5 Å². The fourth-order valence-corrected chi connectivity index (χ4v) is 5.02. The standard InChI is InChI=1S/C21H23FN4O3S/c1-3-28-14-5-7-18(24-9-14)19(27)25-13-4-6-17(22)15(8-13)21-11-29-12(2)16(21)10-30-20(23)26-21/h4-9,12,16H,3,10-11H2,1-2H3,(H2,23,26)(H,25,27)/t12-,16-,21-/m1/s1. The van der Waals surface area contributed by atoms with E-state index in [1.54, 1.807) is 18.2 Å². The second-order valence-corrected chi connectivity index (χ2v) is 8.31. The minimum Gasteiger partial charge on any atom is -0.492 e. The summed E-state index contributed by atoms with van der Waals surface area (Å²) >= 11 is 1.45. The number of carbonyl (C=O) groups excluding carboxylic acids is 1. The van der Waals surface area contributed by atoms with E-state index in [2.05, 4.69) is 15.3 Å². The molecule has 9 heteroatoms. The summed E-state index contributed by atoms with van der Waals surface area (Å²) in [6, 6.07) is 7.72. The van der Waals surface area contributed by atoms with Crippen LogP contribution >= 0.6 is 11.8 Å². The average Bonchev–Trinajstić information content (AvgIpc) is 3.07. The molecule has 3 N–H and O–H groups in total. The Kier molecular flexibility index (Phi) is 5.66. The summed E-state index contributed by atoms with van der Waals surface area (Å²) in [5.41, 5.74) is 6.15. The lowest BCUT2D eigenvalue weighted by Gasteiger charge is -2.35. The van der Waals surface area contributed by atoms with Gasteiger partial charge in [0.2, 0.25) is 0 Å². The van der Waals surface area contributed by atoms with Crippen LogP contribution in [0.1, 0.15) is 29.9 Å². The average molecular weight is 431 g/mol. The number of ether oxygens (including phenoxy) is 2. The number of nitrogens with zero attached hydrogens (tertiary/aromatic N) is 2. The van der Waals surface area contributed by atoms with E-state index in [4.69, 9.17) is 15.2 Å². The van der Waals surface area contributed by atoms with Crippen molar-refractivity contribution in [2.45, 2.75) is 25.5 Å². The van der Waals surface area contributed by atoms with Crippen LogP contribution in [0.15, 0.2) is 41.5 Å². The lowest BCUT2D eigenvalue weighted by atomic mass is 9.79. The van der Waals surface area contributed by atoms with Crippen molar-refractivity contribution in [3.8, 4) is 5.75 Å². The van der Waals surface area contributed by atoms with Gasteiger partial charge in [-0.15, -0.1) is 0 Å². The van der Waals surface area contributed by atoms with Crippen LogP contribution in [0.2, 0.25) is 0 Å². The maximum absolute atomic E-state index is 14.9.